The van der Waals surface area contributed by atoms with Crippen LogP contribution in [0, 0.1) is 46.3 Å². The molecule has 3 fully saturated rings. The predicted molar refractivity (Wildman–Crippen MR) is 138 cm³/mol. The molecule has 9 atom stereocenters. The van der Waals surface area contributed by atoms with Crippen LogP contribution in [0.1, 0.15) is 125 Å². The highest BCUT2D eigenvalue weighted by Gasteiger charge is 2.62. The van der Waals surface area contributed by atoms with Crippen LogP contribution in [0.4, 0.5) is 0 Å². The van der Waals surface area contributed by atoms with E-state index in [1.807, 2.05) is 6.08 Å². The van der Waals surface area contributed by atoms with E-state index in [0.717, 1.165) is 48.5 Å². The summed E-state index contributed by atoms with van der Waals surface area (Å²) in [6.45, 7) is 12.0. The fourth-order valence-electron chi connectivity index (χ4n) is 10.1. The molecule has 4 aliphatic carbocycles. The SMILES string of the molecule is CCC[C@H](C)CC[C@H](CC)[C@H]1CC[C@H]2[C@@H]3C[C@@H](O)C4=CC(=O)CC[C@]4(CC)[C@H]3CC[C@@]12CC. The van der Waals surface area contributed by atoms with Crippen LogP contribution < -0.4 is 0 Å². The lowest BCUT2D eigenvalue weighted by atomic mass is 9.44. The minimum Gasteiger partial charge on any atom is -0.389 e. The van der Waals surface area contributed by atoms with Crippen molar-refractivity contribution in [1.82, 2.24) is 0 Å². The Balaban J connectivity index is 1.59. The van der Waals surface area contributed by atoms with E-state index in [-0.39, 0.29) is 17.3 Å². The van der Waals surface area contributed by atoms with Crippen LogP contribution in [0.2, 0.25) is 0 Å². The number of carbonyl (C=O) groups excluding carboxylic acids is 1. The third-order valence-corrected chi connectivity index (χ3v) is 11.7. The zero-order valence-electron chi connectivity index (χ0n) is 22.4. The average Bonchev–Trinajstić information content (AvgIpc) is 3.20. The molecule has 0 amide bonds. The summed E-state index contributed by atoms with van der Waals surface area (Å²) in [5, 5.41) is 11.3. The molecule has 0 bridgehead atoms. The Bertz CT molecular complexity index is 724. The Labute approximate surface area is 204 Å². The van der Waals surface area contributed by atoms with Gasteiger partial charge in [0.05, 0.1) is 6.10 Å². The number of carbonyl (C=O) groups is 1. The van der Waals surface area contributed by atoms with Crippen molar-refractivity contribution in [2.75, 3.05) is 0 Å². The van der Waals surface area contributed by atoms with Crippen molar-refractivity contribution < 1.29 is 9.90 Å². The van der Waals surface area contributed by atoms with E-state index >= 15 is 0 Å². The van der Waals surface area contributed by atoms with Gasteiger partial charge in [0.2, 0.25) is 0 Å². The molecule has 33 heavy (non-hydrogen) atoms. The molecule has 0 aromatic rings. The molecule has 2 nitrogen and oxygen atoms in total. The Morgan fingerprint density at radius 3 is 2.45 bits per heavy atom. The highest BCUT2D eigenvalue weighted by molar-refractivity contribution is 5.92. The maximum Gasteiger partial charge on any atom is 0.155 e. The minimum atomic E-state index is -0.390. The van der Waals surface area contributed by atoms with Crippen molar-refractivity contribution in [3.05, 3.63) is 11.6 Å². The summed E-state index contributed by atoms with van der Waals surface area (Å²) >= 11 is 0. The van der Waals surface area contributed by atoms with Gasteiger partial charge in [0, 0.05) is 6.42 Å². The third-order valence-electron chi connectivity index (χ3n) is 11.7. The predicted octanol–water partition coefficient (Wildman–Crippen LogP) is 8.13. The first-order chi connectivity index (χ1) is 15.9. The molecule has 3 saturated carbocycles. The Morgan fingerprint density at radius 2 is 1.79 bits per heavy atom. The summed E-state index contributed by atoms with van der Waals surface area (Å²) in [5.41, 5.74) is 1.71. The molecular formula is C31H52O2. The highest BCUT2D eigenvalue weighted by atomic mass is 16.3. The van der Waals surface area contributed by atoms with Gasteiger partial charge in [-0.1, -0.05) is 60.3 Å². The lowest BCUT2D eigenvalue weighted by molar-refractivity contribution is -0.122. The van der Waals surface area contributed by atoms with Crippen molar-refractivity contribution in [1.29, 1.82) is 0 Å². The first kappa shape index (κ1) is 25.5. The van der Waals surface area contributed by atoms with E-state index in [4.69, 9.17) is 0 Å². The highest BCUT2D eigenvalue weighted by Crippen LogP contribution is 2.69. The number of fused-ring (bicyclic) bond motifs is 5. The molecule has 1 N–H and O–H groups in total. The lowest BCUT2D eigenvalue weighted by Crippen LogP contribution is -2.55. The summed E-state index contributed by atoms with van der Waals surface area (Å²) in [6.07, 6.45) is 18.8. The molecule has 2 heteroatoms. The minimum absolute atomic E-state index is 0.0912. The number of hydrogen-bond donors (Lipinski definition) is 1. The van der Waals surface area contributed by atoms with Crippen LogP contribution in [0.15, 0.2) is 11.6 Å². The van der Waals surface area contributed by atoms with Crippen LogP contribution in [-0.2, 0) is 4.79 Å². The quantitative estimate of drug-likeness (QED) is 0.380. The maximum absolute atomic E-state index is 12.3. The van der Waals surface area contributed by atoms with E-state index < -0.39 is 0 Å². The van der Waals surface area contributed by atoms with E-state index in [1.54, 1.807) is 0 Å². The van der Waals surface area contributed by atoms with Crippen molar-refractivity contribution in [3.63, 3.8) is 0 Å². The van der Waals surface area contributed by atoms with Crippen LogP contribution in [0.3, 0.4) is 0 Å². The first-order valence-electron chi connectivity index (χ1n) is 14.8. The fourth-order valence-corrected chi connectivity index (χ4v) is 10.1. The monoisotopic (exact) mass is 456 g/mol. The van der Waals surface area contributed by atoms with Crippen LogP contribution in [0.25, 0.3) is 0 Å². The molecule has 0 aliphatic heterocycles. The molecule has 4 rings (SSSR count). The Kier molecular flexibility index (Phi) is 7.84. The molecule has 188 valence electrons. The van der Waals surface area contributed by atoms with E-state index in [9.17, 15) is 9.90 Å². The number of hydrogen-bond acceptors (Lipinski definition) is 2. The van der Waals surface area contributed by atoms with Gasteiger partial charge in [-0.05, 0) is 116 Å². The van der Waals surface area contributed by atoms with Crippen LogP contribution >= 0.6 is 0 Å². The number of aliphatic hydroxyl groups excluding tert-OH is 1. The molecular weight excluding hydrogens is 404 g/mol. The van der Waals surface area contributed by atoms with E-state index in [2.05, 4.69) is 34.6 Å². The topological polar surface area (TPSA) is 37.3 Å². The van der Waals surface area contributed by atoms with Gasteiger partial charge in [-0.15, -0.1) is 0 Å². The Hall–Kier alpha value is -0.630. The van der Waals surface area contributed by atoms with Crippen molar-refractivity contribution in [3.8, 4) is 0 Å². The molecule has 0 aromatic carbocycles. The summed E-state index contributed by atoms with van der Waals surface area (Å²) in [7, 11) is 0. The largest absolute Gasteiger partial charge is 0.389 e. The van der Waals surface area contributed by atoms with Gasteiger partial charge < -0.3 is 5.11 Å². The van der Waals surface area contributed by atoms with Crippen molar-refractivity contribution in [2.24, 2.45) is 46.3 Å². The van der Waals surface area contributed by atoms with E-state index in [1.165, 1.54) is 64.2 Å². The number of aliphatic hydroxyl groups is 1. The van der Waals surface area contributed by atoms with E-state index in [0.29, 0.717) is 23.7 Å². The second-order valence-corrected chi connectivity index (χ2v) is 12.7. The standard InChI is InChI=1S/C31H52O2/c1-6-10-21(5)11-12-22(7-2)25-13-14-26-24-20-29(33)28-19-23(32)15-17-31(28,9-4)27(24)16-18-30(25,26)8-3/h19,21-22,24-27,29,33H,6-18,20H2,1-5H3/t21-,22-,24-,25+,26-,27-,29+,30-,31+/m0/s1. The molecule has 0 heterocycles. The lowest BCUT2D eigenvalue weighted by Gasteiger charge is -2.61. The zero-order valence-corrected chi connectivity index (χ0v) is 22.4. The van der Waals surface area contributed by atoms with Gasteiger partial charge in [-0.3, -0.25) is 4.79 Å². The van der Waals surface area contributed by atoms with Gasteiger partial charge in [-0.25, -0.2) is 0 Å². The Morgan fingerprint density at radius 1 is 1.00 bits per heavy atom. The smallest absolute Gasteiger partial charge is 0.155 e. The molecule has 0 saturated heterocycles. The summed E-state index contributed by atoms with van der Waals surface area (Å²) in [4.78, 5) is 12.3. The maximum atomic E-state index is 12.3. The van der Waals surface area contributed by atoms with Gasteiger partial charge in [0.25, 0.3) is 0 Å². The number of ketones is 1. The van der Waals surface area contributed by atoms with Crippen molar-refractivity contribution in [2.45, 2.75) is 131 Å². The van der Waals surface area contributed by atoms with Gasteiger partial charge in [-0.2, -0.15) is 0 Å². The zero-order chi connectivity index (χ0) is 23.8. The molecule has 0 unspecified atom stereocenters. The third kappa shape index (κ3) is 4.19. The van der Waals surface area contributed by atoms with Gasteiger partial charge in [0.1, 0.15) is 0 Å². The average molecular weight is 457 g/mol. The summed E-state index contributed by atoms with van der Waals surface area (Å²) < 4.78 is 0. The second kappa shape index (κ2) is 10.2. The number of rotatable bonds is 9. The van der Waals surface area contributed by atoms with Gasteiger partial charge in [0.15, 0.2) is 5.78 Å². The summed E-state index contributed by atoms with van der Waals surface area (Å²) in [5.74, 6) is 4.99. The molecule has 4 aliphatic rings. The first-order valence-corrected chi connectivity index (χ1v) is 14.8. The van der Waals surface area contributed by atoms with Gasteiger partial charge >= 0.3 is 0 Å². The normalized spacial score (nSPS) is 42.2. The molecule has 0 radical (unpaired) electrons. The fraction of sp³-hybridized carbons (Fsp3) is 0.903. The molecule has 0 spiro atoms. The van der Waals surface area contributed by atoms with Crippen LogP contribution in [0.5, 0.6) is 0 Å². The van der Waals surface area contributed by atoms with Crippen LogP contribution in [-0.4, -0.2) is 17.0 Å². The van der Waals surface area contributed by atoms with Crippen molar-refractivity contribution >= 4 is 5.78 Å². The second-order valence-electron chi connectivity index (χ2n) is 12.7. The summed E-state index contributed by atoms with van der Waals surface area (Å²) in [6, 6.07) is 0. The molecule has 0 aromatic heterocycles.